The standard InChI is InChI=1S/C35H45BN2O7.C30H35BN2O5.CH2O2/c1-23-20-24(2)22-27(21-23)34(40)38(32(35(4,5)6)26-12-8-7-9-13-26)37-33(39)28-15-16-29(36(41)42)31(25(28)3)45-19-18-44-30-14-10-11-17-43-30;1-19-16-20(2)18-23(17-19)29(35)33(27(30(4,5)6)22-10-8-7-9-11-22)32-28(34)24-12-13-25-26(21(24)3)37-14-15-38-31(25)36;2-1-3/h7-9,12-13,15-16,20-22,30,32,41-42H,10-11,14,17-19H2,1-6H3,(H,37,39);7-13,16-18,27,36H,14-15H2,1-6H3,(H,32,34);1H,(H,2,3). The molecule has 0 bridgehead atoms. The Balaban J connectivity index is 0.000000266. The van der Waals surface area contributed by atoms with Gasteiger partial charge in [0.1, 0.15) is 24.7 Å². The number of amides is 4. The Hall–Kier alpha value is -7.84. The van der Waals surface area contributed by atoms with Crippen LogP contribution in [-0.4, -0.2) is 114 Å². The third-order valence-corrected chi connectivity index (χ3v) is 14.5. The zero-order chi connectivity index (χ0) is 63.0. The number of nitrogens with zero attached hydrogens (tertiary/aromatic N) is 2. The molecule has 6 aromatic carbocycles. The lowest BCUT2D eigenvalue weighted by Gasteiger charge is -2.40. The van der Waals surface area contributed by atoms with E-state index in [0.717, 1.165) is 52.6 Å². The SMILES string of the molecule is Cc1cc(C)cc(C(=O)N(NC(=O)c2ccc(B(O)O)c(OCCOC3CCCCO3)c2C)C(c2ccccc2)C(C)(C)C)c1.Cc1cc(C)cc(C(=O)N(NC(=O)c2ccc3c(c2C)OCCOB3O)C(c2ccccc2)C(C)(C)C)c1.O=CO. The Morgan fingerprint density at radius 2 is 1.12 bits per heavy atom. The summed E-state index contributed by atoms with van der Waals surface area (Å²) in [6, 6.07) is 35.8. The summed E-state index contributed by atoms with van der Waals surface area (Å²) in [6.45, 7) is 24.6. The summed E-state index contributed by atoms with van der Waals surface area (Å²) >= 11 is 0. The maximum absolute atomic E-state index is 14.3. The second kappa shape index (κ2) is 30.5. The molecule has 6 N–H and O–H groups in total. The molecular formula is C66H82B2N4O14. The minimum Gasteiger partial charge on any atom is -0.491 e. The first kappa shape index (κ1) is 67.3. The van der Waals surface area contributed by atoms with Gasteiger partial charge in [-0.25, -0.2) is 10.0 Å². The van der Waals surface area contributed by atoms with Gasteiger partial charge < -0.3 is 43.8 Å². The maximum Gasteiger partial charge on any atom is 0.495 e. The molecule has 1 saturated heterocycles. The van der Waals surface area contributed by atoms with Crippen LogP contribution in [0.15, 0.2) is 121 Å². The van der Waals surface area contributed by atoms with Crippen LogP contribution in [0, 0.1) is 52.4 Å². The molecule has 4 amide bonds. The maximum atomic E-state index is 14.3. The van der Waals surface area contributed by atoms with Gasteiger partial charge in [0, 0.05) is 50.9 Å². The van der Waals surface area contributed by atoms with Gasteiger partial charge in [0.2, 0.25) is 0 Å². The molecule has 3 unspecified atom stereocenters. The molecule has 0 aromatic heterocycles. The summed E-state index contributed by atoms with van der Waals surface area (Å²) in [5, 5.41) is 40.2. The number of benzene rings is 6. The second-order valence-electron chi connectivity index (χ2n) is 23.7. The van der Waals surface area contributed by atoms with Crippen molar-refractivity contribution in [1.29, 1.82) is 0 Å². The lowest BCUT2D eigenvalue weighted by Crippen LogP contribution is -2.52. The zero-order valence-electron chi connectivity index (χ0n) is 51.4. The van der Waals surface area contributed by atoms with Gasteiger partial charge in [-0.15, -0.1) is 0 Å². The molecule has 456 valence electrons. The van der Waals surface area contributed by atoms with E-state index in [1.54, 1.807) is 26.0 Å². The number of rotatable bonds is 14. The van der Waals surface area contributed by atoms with Crippen molar-refractivity contribution in [2.75, 3.05) is 33.0 Å². The molecule has 86 heavy (non-hydrogen) atoms. The number of fused-ring (bicyclic) bond motifs is 1. The highest BCUT2D eigenvalue weighted by Crippen LogP contribution is 2.40. The van der Waals surface area contributed by atoms with Crippen molar-refractivity contribution >= 4 is 55.3 Å². The molecule has 6 aromatic rings. The summed E-state index contributed by atoms with van der Waals surface area (Å²) in [4.78, 5) is 64.6. The van der Waals surface area contributed by atoms with Crippen LogP contribution in [0.4, 0.5) is 0 Å². The van der Waals surface area contributed by atoms with Crippen molar-refractivity contribution in [2.24, 2.45) is 10.8 Å². The van der Waals surface area contributed by atoms with Crippen molar-refractivity contribution < 1.29 is 67.8 Å². The van der Waals surface area contributed by atoms with Crippen molar-refractivity contribution in [3.63, 3.8) is 0 Å². The highest BCUT2D eigenvalue weighted by Gasteiger charge is 2.40. The van der Waals surface area contributed by atoms with Crippen LogP contribution in [0.3, 0.4) is 0 Å². The quantitative estimate of drug-likeness (QED) is 0.0259. The van der Waals surface area contributed by atoms with Gasteiger partial charge in [0.25, 0.3) is 30.1 Å². The molecule has 0 radical (unpaired) electrons. The molecule has 8 rings (SSSR count). The van der Waals surface area contributed by atoms with Crippen LogP contribution in [0.5, 0.6) is 11.5 Å². The van der Waals surface area contributed by atoms with E-state index in [-0.39, 0.29) is 67.8 Å². The molecule has 2 aliphatic rings. The third kappa shape index (κ3) is 17.6. The Labute approximate surface area is 506 Å². The van der Waals surface area contributed by atoms with E-state index in [4.69, 9.17) is 33.5 Å². The van der Waals surface area contributed by atoms with E-state index in [1.165, 1.54) is 22.2 Å². The van der Waals surface area contributed by atoms with E-state index in [1.807, 2.05) is 166 Å². The van der Waals surface area contributed by atoms with Crippen molar-refractivity contribution in [3.05, 3.63) is 188 Å². The second-order valence-corrected chi connectivity index (χ2v) is 23.7. The summed E-state index contributed by atoms with van der Waals surface area (Å²) in [5.41, 5.74) is 13.6. The summed E-state index contributed by atoms with van der Waals surface area (Å²) in [6.07, 6.45) is 2.57. The first-order chi connectivity index (χ1) is 40.7. The largest absolute Gasteiger partial charge is 0.495 e. The van der Waals surface area contributed by atoms with Gasteiger partial charge in [0.15, 0.2) is 6.29 Å². The molecule has 0 saturated carbocycles. The smallest absolute Gasteiger partial charge is 0.491 e. The van der Waals surface area contributed by atoms with Crippen LogP contribution in [0.25, 0.3) is 0 Å². The van der Waals surface area contributed by atoms with Crippen LogP contribution in [-0.2, 0) is 18.9 Å². The summed E-state index contributed by atoms with van der Waals surface area (Å²) in [5.74, 6) is -1.04. The normalized spacial score (nSPS) is 14.6. The molecule has 3 atom stereocenters. The fourth-order valence-electron chi connectivity index (χ4n) is 10.9. The highest BCUT2D eigenvalue weighted by molar-refractivity contribution is 6.61. The summed E-state index contributed by atoms with van der Waals surface area (Å²) in [7, 11) is -2.95. The van der Waals surface area contributed by atoms with Crippen LogP contribution in [0.1, 0.15) is 159 Å². The average Bonchev–Trinajstić information content (AvgIpc) is 1.28. The molecular weight excluding hydrogens is 1090 g/mol. The van der Waals surface area contributed by atoms with Crippen LogP contribution in [0.2, 0.25) is 0 Å². The highest BCUT2D eigenvalue weighted by atomic mass is 16.7. The number of carbonyl (C=O) groups excluding carboxylic acids is 4. The number of hydrogen-bond donors (Lipinski definition) is 6. The number of carbonyl (C=O) groups is 5. The predicted octanol–water partition coefficient (Wildman–Crippen LogP) is 8.77. The van der Waals surface area contributed by atoms with E-state index in [9.17, 15) is 34.3 Å². The molecule has 0 spiro atoms. The van der Waals surface area contributed by atoms with Crippen molar-refractivity contribution in [1.82, 2.24) is 20.9 Å². The lowest BCUT2D eigenvalue weighted by atomic mass is 9.77. The Kier molecular flexibility index (Phi) is 23.9. The number of aryl methyl sites for hydroxylation is 4. The van der Waals surface area contributed by atoms with Gasteiger partial charge in [-0.1, -0.05) is 149 Å². The third-order valence-electron chi connectivity index (χ3n) is 14.5. The first-order valence-electron chi connectivity index (χ1n) is 28.8. The fourth-order valence-corrected chi connectivity index (χ4v) is 10.9. The van der Waals surface area contributed by atoms with Crippen LogP contribution < -0.4 is 31.3 Å². The minimum atomic E-state index is -1.82. The molecule has 20 heteroatoms. The Morgan fingerprint density at radius 1 is 0.651 bits per heavy atom. The number of hydrazine groups is 2. The Morgan fingerprint density at radius 3 is 1.56 bits per heavy atom. The lowest BCUT2D eigenvalue weighted by molar-refractivity contribution is -0.165. The van der Waals surface area contributed by atoms with Gasteiger partial charge in [0.05, 0.1) is 25.3 Å². The fraction of sp³-hybridized carbons (Fsp3) is 0.379. The predicted molar refractivity (Wildman–Crippen MR) is 331 cm³/mol. The number of carboxylic acid groups (broad SMARTS) is 1. The van der Waals surface area contributed by atoms with Crippen LogP contribution >= 0.6 is 0 Å². The zero-order valence-corrected chi connectivity index (χ0v) is 51.4. The minimum absolute atomic E-state index is 0.114. The summed E-state index contributed by atoms with van der Waals surface area (Å²) < 4.78 is 28.5. The monoisotopic (exact) mass is 1180 g/mol. The number of ether oxygens (including phenoxy) is 4. The molecule has 2 aliphatic heterocycles. The number of hydrogen-bond acceptors (Lipinski definition) is 13. The van der Waals surface area contributed by atoms with Gasteiger partial charge in [-0.05, 0) is 119 Å². The molecule has 0 aliphatic carbocycles. The first-order valence-corrected chi connectivity index (χ1v) is 28.8. The average molecular weight is 1180 g/mol. The van der Waals surface area contributed by atoms with Crippen molar-refractivity contribution in [2.45, 2.75) is 121 Å². The van der Waals surface area contributed by atoms with E-state index < -0.39 is 49.0 Å². The molecule has 18 nitrogen and oxygen atoms in total. The molecule has 1 fully saturated rings. The van der Waals surface area contributed by atoms with E-state index >= 15 is 0 Å². The van der Waals surface area contributed by atoms with E-state index in [0.29, 0.717) is 45.6 Å². The van der Waals surface area contributed by atoms with Gasteiger partial charge in [-0.2, -0.15) is 0 Å². The van der Waals surface area contributed by atoms with E-state index in [2.05, 4.69) is 10.9 Å². The van der Waals surface area contributed by atoms with Gasteiger partial charge in [-0.3, -0.25) is 34.8 Å². The topological polar surface area (TPSA) is 243 Å². The van der Waals surface area contributed by atoms with Gasteiger partial charge >= 0.3 is 14.2 Å². The number of nitrogens with one attached hydrogen (secondary N) is 2. The Bertz CT molecular complexity index is 3250. The van der Waals surface area contributed by atoms with Crippen molar-refractivity contribution in [3.8, 4) is 11.5 Å². The molecule has 2 heterocycles.